The van der Waals surface area contributed by atoms with Crippen molar-refractivity contribution >= 4 is 34.9 Å². The first kappa shape index (κ1) is 20.1. The van der Waals surface area contributed by atoms with Crippen LogP contribution in [-0.2, 0) is 4.79 Å². The van der Waals surface area contributed by atoms with E-state index in [0.29, 0.717) is 17.1 Å². The largest absolute Gasteiger partial charge is 0.427 e. The highest BCUT2D eigenvalue weighted by molar-refractivity contribution is 5.92. The first-order valence-corrected chi connectivity index (χ1v) is 9.84. The van der Waals surface area contributed by atoms with Gasteiger partial charge in [-0.2, -0.15) is 0 Å². The van der Waals surface area contributed by atoms with Crippen molar-refractivity contribution in [2.75, 3.05) is 0 Å². The highest BCUT2D eigenvalue weighted by atomic mass is 16.5. The van der Waals surface area contributed by atoms with Gasteiger partial charge in [0.25, 0.3) is 0 Å². The van der Waals surface area contributed by atoms with Crippen LogP contribution in [0.15, 0.2) is 91.0 Å². The van der Waals surface area contributed by atoms with Crippen LogP contribution in [0.1, 0.15) is 28.4 Å². The van der Waals surface area contributed by atoms with E-state index in [0.717, 1.165) is 21.9 Å². The Labute approximate surface area is 180 Å². The van der Waals surface area contributed by atoms with Gasteiger partial charge < -0.3 is 9.47 Å². The maximum atomic E-state index is 12.2. The maximum absolute atomic E-state index is 12.2. The smallest absolute Gasteiger partial charge is 0.343 e. The van der Waals surface area contributed by atoms with Gasteiger partial charge in [0.2, 0.25) is 0 Å². The number of ether oxygens (including phenoxy) is 2. The highest BCUT2D eigenvalue weighted by Crippen LogP contribution is 2.24. The second-order valence-electron chi connectivity index (χ2n) is 7.02. The summed E-state index contributed by atoms with van der Waals surface area (Å²) in [6.45, 7) is 1.38. The lowest BCUT2D eigenvalue weighted by Gasteiger charge is -2.06. The summed E-state index contributed by atoms with van der Waals surface area (Å²) in [6.07, 6.45) is 4.01. The standard InChI is InChI=1S/C27H20O4/c1-19(28)30-25-14-10-20(11-15-25)7-8-21-9-12-24-18-26(16-13-23(24)17-21)31-27(29)22-5-3-2-4-6-22/h2-18H,1H3/b8-7+. The zero-order valence-electron chi connectivity index (χ0n) is 16.9. The van der Waals surface area contributed by atoms with Crippen LogP contribution in [0.5, 0.6) is 11.5 Å². The van der Waals surface area contributed by atoms with Crippen LogP contribution in [0.3, 0.4) is 0 Å². The van der Waals surface area contributed by atoms with Gasteiger partial charge in [-0.1, -0.05) is 60.7 Å². The number of hydrogen-bond donors (Lipinski definition) is 0. The van der Waals surface area contributed by atoms with Gasteiger partial charge in [0.05, 0.1) is 5.56 Å². The molecular formula is C27H20O4. The van der Waals surface area contributed by atoms with Gasteiger partial charge in [-0.15, -0.1) is 0 Å². The van der Waals surface area contributed by atoms with Crippen molar-refractivity contribution in [3.05, 3.63) is 108 Å². The maximum Gasteiger partial charge on any atom is 0.343 e. The summed E-state index contributed by atoms with van der Waals surface area (Å²) in [5.41, 5.74) is 2.56. The average Bonchev–Trinajstić information content (AvgIpc) is 2.79. The number of benzene rings is 4. The second-order valence-corrected chi connectivity index (χ2v) is 7.02. The molecule has 0 fully saturated rings. The molecule has 0 aromatic heterocycles. The van der Waals surface area contributed by atoms with Gasteiger partial charge in [0, 0.05) is 6.92 Å². The molecule has 0 atom stereocenters. The zero-order valence-corrected chi connectivity index (χ0v) is 16.9. The van der Waals surface area contributed by atoms with Crippen molar-refractivity contribution in [1.82, 2.24) is 0 Å². The first-order chi connectivity index (χ1) is 15.1. The predicted molar refractivity (Wildman–Crippen MR) is 122 cm³/mol. The van der Waals surface area contributed by atoms with E-state index in [1.807, 2.05) is 54.6 Å². The number of rotatable bonds is 5. The van der Waals surface area contributed by atoms with Crippen LogP contribution in [-0.4, -0.2) is 11.9 Å². The molecule has 0 aliphatic carbocycles. The number of fused-ring (bicyclic) bond motifs is 1. The molecule has 4 rings (SSSR count). The zero-order chi connectivity index (χ0) is 21.6. The van der Waals surface area contributed by atoms with Crippen LogP contribution in [0.25, 0.3) is 22.9 Å². The molecule has 0 spiro atoms. The van der Waals surface area contributed by atoms with E-state index in [1.165, 1.54) is 6.92 Å². The number of esters is 2. The minimum Gasteiger partial charge on any atom is -0.427 e. The second kappa shape index (κ2) is 9.09. The monoisotopic (exact) mass is 408 g/mol. The van der Waals surface area contributed by atoms with E-state index in [2.05, 4.69) is 6.07 Å². The molecule has 0 aliphatic heterocycles. The molecule has 4 nitrogen and oxygen atoms in total. The van der Waals surface area contributed by atoms with Crippen molar-refractivity contribution in [1.29, 1.82) is 0 Å². The Morgan fingerprint density at radius 3 is 2.00 bits per heavy atom. The van der Waals surface area contributed by atoms with E-state index >= 15 is 0 Å². The molecule has 31 heavy (non-hydrogen) atoms. The Balaban J connectivity index is 1.47. The van der Waals surface area contributed by atoms with Crippen molar-refractivity contribution in [2.24, 2.45) is 0 Å². The van der Waals surface area contributed by atoms with E-state index in [4.69, 9.17) is 9.47 Å². The summed E-state index contributed by atoms with van der Waals surface area (Å²) >= 11 is 0. The average molecular weight is 408 g/mol. The first-order valence-electron chi connectivity index (χ1n) is 9.84. The molecule has 0 bridgehead atoms. The van der Waals surface area contributed by atoms with Gasteiger partial charge in [-0.25, -0.2) is 4.79 Å². The lowest BCUT2D eigenvalue weighted by Crippen LogP contribution is -2.07. The lowest BCUT2D eigenvalue weighted by atomic mass is 10.1. The van der Waals surface area contributed by atoms with E-state index in [-0.39, 0.29) is 11.9 Å². The van der Waals surface area contributed by atoms with Crippen LogP contribution in [0, 0.1) is 0 Å². The summed E-state index contributed by atoms with van der Waals surface area (Å²) in [5, 5.41) is 2.04. The minimum atomic E-state index is -0.376. The number of carbonyl (C=O) groups is 2. The molecule has 0 unspecified atom stereocenters. The summed E-state index contributed by atoms with van der Waals surface area (Å²) in [7, 11) is 0. The van der Waals surface area contributed by atoms with E-state index < -0.39 is 0 Å². The SMILES string of the molecule is CC(=O)Oc1ccc(/C=C/c2ccc3cc(OC(=O)c4ccccc4)ccc3c2)cc1. The Morgan fingerprint density at radius 2 is 1.26 bits per heavy atom. The molecule has 0 aliphatic rings. The normalized spacial score (nSPS) is 10.9. The molecule has 0 heterocycles. The molecule has 0 saturated carbocycles. The van der Waals surface area contributed by atoms with Crippen LogP contribution >= 0.6 is 0 Å². The molecule has 0 N–H and O–H groups in total. The van der Waals surface area contributed by atoms with Gasteiger partial charge in [0.15, 0.2) is 0 Å². The van der Waals surface area contributed by atoms with E-state index in [9.17, 15) is 9.59 Å². The predicted octanol–water partition coefficient (Wildman–Crippen LogP) is 6.15. The Bertz CT molecular complexity index is 1260. The van der Waals surface area contributed by atoms with Gasteiger partial charge in [0.1, 0.15) is 11.5 Å². The molecule has 152 valence electrons. The molecule has 0 amide bonds. The lowest BCUT2D eigenvalue weighted by molar-refractivity contribution is -0.131. The minimum absolute atomic E-state index is 0.336. The molecule has 0 radical (unpaired) electrons. The van der Waals surface area contributed by atoms with Gasteiger partial charge >= 0.3 is 11.9 Å². The number of hydrogen-bond acceptors (Lipinski definition) is 4. The van der Waals surface area contributed by atoms with Crippen LogP contribution in [0.2, 0.25) is 0 Å². The molecule has 0 saturated heterocycles. The Hall–Kier alpha value is -4.18. The summed E-state index contributed by atoms with van der Waals surface area (Å²) in [4.78, 5) is 23.2. The van der Waals surface area contributed by atoms with E-state index in [1.54, 1.807) is 42.5 Å². The summed E-state index contributed by atoms with van der Waals surface area (Å²) in [6, 6.07) is 27.9. The Morgan fingerprint density at radius 1 is 0.645 bits per heavy atom. The molecule has 4 aromatic rings. The third kappa shape index (κ3) is 5.25. The van der Waals surface area contributed by atoms with Crippen molar-refractivity contribution in [3.8, 4) is 11.5 Å². The van der Waals surface area contributed by atoms with Crippen LogP contribution in [0.4, 0.5) is 0 Å². The fraction of sp³-hybridized carbons (Fsp3) is 0.0370. The fourth-order valence-electron chi connectivity index (χ4n) is 3.16. The third-order valence-electron chi connectivity index (χ3n) is 4.67. The fourth-order valence-corrected chi connectivity index (χ4v) is 3.16. The molecule has 4 aromatic carbocycles. The van der Waals surface area contributed by atoms with Crippen molar-refractivity contribution in [3.63, 3.8) is 0 Å². The topological polar surface area (TPSA) is 52.6 Å². The quantitative estimate of drug-likeness (QED) is 0.226. The highest BCUT2D eigenvalue weighted by Gasteiger charge is 2.08. The molecular weight excluding hydrogens is 388 g/mol. The summed E-state index contributed by atoms with van der Waals surface area (Å²) < 4.78 is 10.5. The van der Waals surface area contributed by atoms with Crippen molar-refractivity contribution < 1.29 is 19.1 Å². The summed E-state index contributed by atoms with van der Waals surface area (Å²) in [5.74, 6) is 0.327. The van der Waals surface area contributed by atoms with Gasteiger partial charge in [-0.05, 0) is 64.4 Å². The van der Waals surface area contributed by atoms with Gasteiger partial charge in [-0.3, -0.25) is 4.79 Å². The molecule has 4 heteroatoms. The van der Waals surface area contributed by atoms with Crippen LogP contribution < -0.4 is 9.47 Å². The van der Waals surface area contributed by atoms with Crippen molar-refractivity contribution in [2.45, 2.75) is 6.92 Å². The third-order valence-corrected chi connectivity index (χ3v) is 4.67. The number of carbonyl (C=O) groups excluding carboxylic acids is 2. The Kier molecular flexibility index (Phi) is 5.90.